The van der Waals surface area contributed by atoms with Crippen molar-refractivity contribution in [1.29, 1.82) is 0 Å². The van der Waals surface area contributed by atoms with Gasteiger partial charge in [0.2, 0.25) is 0 Å². The maximum absolute atomic E-state index is 9.79. The molecule has 2 heteroatoms. The van der Waals surface area contributed by atoms with Gasteiger partial charge in [-0.2, -0.15) is 0 Å². The molecule has 0 fully saturated rings. The van der Waals surface area contributed by atoms with Crippen molar-refractivity contribution < 1.29 is 5.11 Å². The Morgan fingerprint density at radius 2 is 1.31 bits per heavy atom. The maximum atomic E-state index is 9.79. The van der Waals surface area contributed by atoms with Gasteiger partial charge in [-0.15, -0.1) is 0 Å². The van der Waals surface area contributed by atoms with Gasteiger partial charge in [0.15, 0.2) is 0 Å². The van der Waals surface area contributed by atoms with E-state index in [9.17, 15) is 5.11 Å². The van der Waals surface area contributed by atoms with E-state index in [-0.39, 0.29) is 11.6 Å². The first-order valence-corrected chi connectivity index (χ1v) is 12.9. The van der Waals surface area contributed by atoms with E-state index in [1.165, 1.54) is 22.3 Å². The first-order valence-electron chi connectivity index (χ1n) is 9.64. The molecular weight excluding hydrogens is 332 g/mol. The number of allylic oxidation sites excluding steroid dienone is 2. The van der Waals surface area contributed by atoms with Crippen molar-refractivity contribution in [2.45, 2.75) is 43.9 Å². The molecule has 2 aromatic rings. The second kappa shape index (κ2) is 6.36. The van der Waals surface area contributed by atoms with Crippen molar-refractivity contribution in [3.63, 3.8) is 0 Å². The van der Waals surface area contributed by atoms with Gasteiger partial charge < -0.3 is 5.11 Å². The fourth-order valence-corrected chi connectivity index (χ4v) is 7.93. The molecule has 2 aliphatic carbocycles. The first-order chi connectivity index (χ1) is 12.5. The zero-order valence-corrected chi connectivity index (χ0v) is 17.0. The largest absolute Gasteiger partial charge is 0.397 e. The van der Waals surface area contributed by atoms with Crippen molar-refractivity contribution in [2.24, 2.45) is 0 Å². The highest BCUT2D eigenvalue weighted by atomic mass is 28.3. The van der Waals surface area contributed by atoms with E-state index >= 15 is 0 Å². The van der Waals surface area contributed by atoms with Crippen LogP contribution in [0, 0.1) is 0 Å². The van der Waals surface area contributed by atoms with Crippen molar-refractivity contribution in [3.05, 3.63) is 81.9 Å². The molecular formula is C24H28OSi. The van der Waals surface area contributed by atoms with Crippen LogP contribution in [0.5, 0.6) is 0 Å². The van der Waals surface area contributed by atoms with Crippen LogP contribution in [-0.4, -0.2) is 19.8 Å². The van der Waals surface area contributed by atoms with Crippen LogP contribution in [0.1, 0.15) is 29.2 Å². The third-order valence-corrected chi connectivity index (χ3v) is 11.7. The molecule has 0 amide bonds. The van der Waals surface area contributed by atoms with Gasteiger partial charge >= 0.3 is 0 Å². The molecule has 26 heavy (non-hydrogen) atoms. The van der Waals surface area contributed by atoms with Gasteiger partial charge in [-0.25, -0.2) is 0 Å². The predicted molar refractivity (Wildman–Crippen MR) is 114 cm³/mol. The summed E-state index contributed by atoms with van der Waals surface area (Å²) in [4.78, 5) is 0. The van der Waals surface area contributed by atoms with E-state index in [4.69, 9.17) is 0 Å². The number of fused-ring (bicyclic) bond motifs is 2. The minimum atomic E-state index is -1.75. The molecule has 0 atom stereocenters. The Morgan fingerprint density at radius 3 is 1.73 bits per heavy atom. The third kappa shape index (κ3) is 2.63. The van der Waals surface area contributed by atoms with Crippen LogP contribution in [0.15, 0.2) is 59.7 Å². The number of aliphatic hydroxyl groups excluding tert-OH is 1. The highest BCUT2D eigenvalue weighted by Gasteiger charge is 2.48. The molecule has 0 heterocycles. The van der Waals surface area contributed by atoms with Crippen LogP contribution < -0.4 is 0 Å². The molecule has 0 spiro atoms. The normalized spacial score (nSPS) is 16.2. The fourth-order valence-electron chi connectivity index (χ4n) is 4.81. The number of hydrogen-bond donors (Lipinski definition) is 1. The summed E-state index contributed by atoms with van der Waals surface area (Å²) in [5, 5.41) is 9.86. The lowest BCUT2D eigenvalue weighted by Crippen LogP contribution is -2.44. The number of hydrogen-bond acceptors (Lipinski definition) is 1. The standard InChI is InChI=1S/C24H28OSi/c1-24(26(2,3)13-12-25,22-14-18-8-4-5-9-19(18)15-22)23-16-20-10-6-7-11-21(20)17-23/h4-11,14,16,25H,12-13,15,17H2,1-3H3. The predicted octanol–water partition coefficient (Wildman–Crippen LogP) is 5.73. The summed E-state index contributed by atoms with van der Waals surface area (Å²) in [7, 11) is -1.75. The monoisotopic (exact) mass is 360 g/mol. The summed E-state index contributed by atoms with van der Waals surface area (Å²) in [6.45, 7) is 7.66. The van der Waals surface area contributed by atoms with Crippen molar-refractivity contribution in [2.75, 3.05) is 6.61 Å². The summed E-state index contributed by atoms with van der Waals surface area (Å²) >= 11 is 0. The second-order valence-electron chi connectivity index (χ2n) is 8.57. The van der Waals surface area contributed by atoms with Crippen molar-refractivity contribution in [1.82, 2.24) is 0 Å². The van der Waals surface area contributed by atoms with E-state index in [0.29, 0.717) is 0 Å². The maximum Gasteiger partial charge on any atom is 0.0653 e. The Labute approximate surface area is 158 Å². The Balaban J connectivity index is 1.81. The highest BCUT2D eigenvalue weighted by molar-refractivity contribution is 6.82. The van der Waals surface area contributed by atoms with Crippen LogP contribution in [0.3, 0.4) is 0 Å². The molecule has 1 nitrogen and oxygen atoms in total. The summed E-state index contributed by atoms with van der Waals surface area (Å²) in [5.41, 5.74) is 8.72. The lowest BCUT2D eigenvalue weighted by atomic mass is 9.88. The molecule has 0 aliphatic heterocycles. The van der Waals surface area contributed by atoms with Gasteiger partial charge in [0.25, 0.3) is 0 Å². The van der Waals surface area contributed by atoms with E-state index in [1.54, 1.807) is 11.1 Å². The Hall–Kier alpha value is -1.90. The lowest BCUT2D eigenvalue weighted by molar-refractivity contribution is 0.315. The van der Waals surface area contributed by atoms with Crippen molar-refractivity contribution in [3.8, 4) is 0 Å². The SMILES string of the molecule is CC(C1=Cc2ccccc2C1)(C1=Cc2ccccc2C1)[Si](C)(C)CCO. The molecule has 0 saturated heterocycles. The lowest BCUT2D eigenvalue weighted by Gasteiger charge is -2.46. The van der Waals surface area contributed by atoms with Gasteiger partial charge in [-0.3, -0.25) is 0 Å². The zero-order valence-electron chi connectivity index (χ0n) is 16.0. The topological polar surface area (TPSA) is 20.2 Å². The summed E-state index contributed by atoms with van der Waals surface area (Å²) in [5.74, 6) is 0. The number of aliphatic hydroxyl groups is 1. The molecule has 0 saturated carbocycles. The Kier molecular flexibility index (Phi) is 4.29. The quantitative estimate of drug-likeness (QED) is 0.675. The Morgan fingerprint density at radius 1 is 0.846 bits per heavy atom. The van der Waals surface area contributed by atoms with Gasteiger partial charge in [-0.1, -0.05) is 91.8 Å². The van der Waals surface area contributed by atoms with Crippen molar-refractivity contribution >= 4 is 20.2 Å². The minimum Gasteiger partial charge on any atom is -0.397 e. The molecule has 0 unspecified atom stereocenters. The van der Waals surface area contributed by atoms with Crippen LogP contribution in [0.25, 0.3) is 12.2 Å². The molecule has 0 bridgehead atoms. The second-order valence-corrected chi connectivity index (χ2v) is 13.8. The summed E-state index contributed by atoms with van der Waals surface area (Å²) < 4.78 is 0. The molecule has 4 rings (SSSR count). The van der Waals surface area contributed by atoms with Crippen LogP contribution in [-0.2, 0) is 12.8 Å². The molecule has 2 aliphatic rings. The van der Waals surface area contributed by atoms with E-state index in [0.717, 1.165) is 18.9 Å². The number of rotatable bonds is 5. The van der Waals surface area contributed by atoms with Crippen LogP contribution in [0.4, 0.5) is 0 Å². The Bertz CT molecular complexity index is 840. The van der Waals surface area contributed by atoms with E-state index in [2.05, 4.69) is 80.7 Å². The zero-order chi connectivity index (χ0) is 18.4. The van der Waals surface area contributed by atoms with Gasteiger partial charge in [0, 0.05) is 11.6 Å². The molecule has 134 valence electrons. The first kappa shape index (κ1) is 17.5. The van der Waals surface area contributed by atoms with Gasteiger partial charge in [0.05, 0.1) is 8.07 Å². The summed E-state index contributed by atoms with van der Waals surface area (Å²) in [6.07, 6.45) is 6.96. The smallest absolute Gasteiger partial charge is 0.0653 e. The molecule has 1 N–H and O–H groups in total. The fraction of sp³-hybridized carbons (Fsp3) is 0.333. The average molecular weight is 361 g/mol. The average Bonchev–Trinajstić information content (AvgIpc) is 3.25. The van der Waals surface area contributed by atoms with Crippen LogP contribution in [0.2, 0.25) is 24.2 Å². The van der Waals surface area contributed by atoms with Gasteiger partial charge in [0.1, 0.15) is 0 Å². The molecule has 2 aromatic carbocycles. The molecule has 0 radical (unpaired) electrons. The number of benzene rings is 2. The van der Waals surface area contributed by atoms with Gasteiger partial charge in [-0.05, 0) is 41.1 Å². The van der Waals surface area contributed by atoms with Crippen LogP contribution >= 0.6 is 0 Å². The highest BCUT2D eigenvalue weighted by Crippen LogP contribution is 2.58. The third-order valence-electron chi connectivity index (χ3n) is 6.91. The molecule has 0 aromatic heterocycles. The minimum absolute atomic E-state index is 0.0633. The summed E-state index contributed by atoms with van der Waals surface area (Å²) in [6, 6.07) is 18.5. The van der Waals surface area contributed by atoms with E-state index < -0.39 is 8.07 Å². The van der Waals surface area contributed by atoms with E-state index in [1.807, 2.05) is 0 Å².